The van der Waals surface area contributed by atoms with Gasteiger partial charge < -0.3 is 15.6 Å². The number of halogens is 1. The Morgan fingerprint density at radius 1 is 1.40 bits per heavy atom. The first-order valence-electron chi connectivity index (χ1n) is 9.09. The number of nitrogen functional groups attached to an aromatic ring is 1. The van der Waals surface area contributed by atoms with Crippen LogP contribution in [0.3, 0.4) is 0 Å². The maximum atomic E-state index is 12.2. The molecule has 5 nitrogen and oxygen atoms in total. The van der Waals surface area contributed by atoms with E-state index in [2.05, 4.69) is 27.8 Å². The number of esters is 1. The third-order valence-electron chi connectivity index (χ3n) is 4.78. The van der Waals surface area contributed by atoms with Crippen molar-refractivity contribution in [3.63, 3.8) is 0 Å². The fourth-order valence-corrected chi connectivity index (χ4v) is 3.87. The maximum absolute atomic E-state index is 12.2. The molecule has 25 heavy (non-hydrogen) atoms. The SMILES string of the molecule is CCN(Cc1cc(C(=O)OCC(C)O)cc(Br)c1N)C1CCCCC1. The highest BCUT2D eigenvalue weighted by Crippen LogP contribution is 2.29. The van der Waals surface area contributed by atoms with E-state index in [1.807, 2.05) is 6.07 Å². The Morgan fingerprint density at radius 2 is 2.08 bits per heavy atom. The molecule has 3 N–H and O–H groups in total. The average Bonchev–Trinajstić information content (AvgIpc) is 2.61. The number of hydrogen-bond donors (Lipinski definition) is 2. The van der Waals surface area contributed by atoms with Crippen LogP contribution >= 0.6 is 15.9 Å². The Morgan fingerprint density at radius 3 is 2.68 bits per heavy atom. The Labute approximate surface area is 158 Å². The van der Waals surface area contributed by atoms with E-state index >= 15 is 0 Å². The summed E-state index contributed by atoms with van der Waals surface area (Å²) in [6.45, 7) is 5.42. The molecule has 1 aliphatic rings. The van der Waals surface area contributed by atoms with Gasteiger partial charge in [0.05, 0.1) is 17.4 Å². The molecule has 0 spiro atoms. The smallest absolute Gasteiger partial charge is 0.338 e. The van der Waals surface area contributed by atoms with Crippen LogP contribution in [-0.4, -0.2) is 41.3 Å². The number of nitrogens with two attached hydrogens (primary N) is 1. The summed E-state index contributed by atoms with van der Waals surface area (Å²) in [5, 5.41) is 9.28. The second-order valence-electron chi connectivity index (χ2n) is 6.83. The fraction of sp³-hybridized carbons (Fsp3) is 0.632. The van der Waals surface area contributed by atoms with Crippen LogP contribution in [0.25, 0.3) is 0 Å². The van der Waals surface area contributed by atoms with Gasteiger partial charge in [0.25, 0.3) is 0 Å². The number of anilines is 1. The summed E-state index contributed by atoms with van der Waals surface area (Å²) < 4.78 is 5.83. The lowest BCUT2D eigenvalue weighted by atomic mass is 9.93. The van der Waals surface area contributed by atoms with Crippen LogP contribution in [0.4, 0.5) is 5.69 Å². The van der Waals surface area contributed by atoms with Crippen molar-refractivity contribution in [1.82, 2.24) is 4.90 Å². The summed E-state index contributed by atoms with van der Waals surface area (Å²) in [5.74, 6) is -0.441. The summed E-state index contributed by atoms with van der Waals surface area (Å²) in [6, 6.07) is 4.08. The third-order valence-corrected chi connectivity index (χ3v) is 5.43. The Hall–Kier alpha value is -1.11. The minimum Gasteiger partial charge on any atom is -0.459 e. The largest absolute Gasteiger partial charge is 0.459 e. The lowest BCUT2D eigenvalue weighted by molar-refractivity contribution is 0.0296. The van der Waals surface area contributed by atoms with Crippen LogP contribution in [0.5, 0.6) is 0 Å². The molecule has 1 unspecified atom stereocenters. The third kappa shape index (κ3) is 5.69. The predicted molar refractivity (Wildman–Crippen MR) is 103 cm³/mol. The van der Waals surface area contributed by atoms with Gasteiger partial charge in [-0.1, -0.05) is 26.2 Å². The Bertz CT molecular complexity index is 586. The zero-order valence-electron chi connectivity index (χ0n) is 15.1. The van der Waals surface area contributed by atoms with Gasteiger partial charge in [-0.15, -0.1) is 0 Å². The molecule has 1 atom stereocenters. The topological polar surface area (TPSA) is 75.8 Å². The second kappa shape index (κ2) is 9.55. The van der Waals surface area contributed by atoms with Gasteiger partial charge in [-0.05, 0) is 59.9 Å². The zero-order valence-corrected chi connectivity index (χ0v) is 16.7. The van der Waals surface area contributed by atoms with E-state index in [1.165, 1.54) is 32.1 Å². The number of benzene rings is 1. The molecule has 1 aromatic rings. The van der Waals surface area contributed by atoms with Crippen LogP contribution in [0.1, 0.15) is 61.9 Å². The zero-order chi connectivity index (χ0) is 18.4. The average molecular weight is 413 g/mol. The Kier molecular flexibility index (Phi) is 7.72. The van der Waals surface area contributed by atoms with Gasteiger partial charge in [0, 0.05) is 17.1 Å². The van der Waals surface area contributed by atoms with Gasteiger partial charge in [0.2, 0.25) is 0 Å². The number of carbonyl (C=O) groups excluding carboxylic acids is 1. The molecule has 6 heteroatoms. The number of carbonyl (C=O) groups is 1. The Balaban J connectivity index is 2.16. The van der Waals surface area contributed by atoms with Gasteiger partial charge in [-0.2, -0.15) is 0 Å². The number of aliphatic hydroxyl groups is 1. The molecule has 0 bridgehead atoms. The van der Waals surface area contributed by atoms with Gasteiger partial charge in [0.15, 0.2) is 0 Å². The van der Waals surface area contributed by atoms with Crippen LogP contribution in [-0.2, 0) is 11.3 Å². The first kappa shape index (κ1) is 20.2. The molecule has 1 aromatic carbocycles. The van der Waals surface area contributed by atoms with E-state index in [1.54, 1.807) is 13.0 Å². The van der Waals surface area contributed by atoms with Gasteiger partial charge in [-0.3, -0.25) is 4.90 Å². The second-order valence-corrected chi connectivity index (χ2v) is 7.69. The molecule has 0 amide bonds. The summed E-state index contributed by atoms with van der Waals surface area (Å²) in [4.78, 5) is 14.7. The first-order chi connectivity index (χ1) is 11.9. The summed E-state index contributed by atoms with van der Waals surface area (Å²) in [7, 11) is 0. The van der Waals surface area contributed by atoms with Gasteiger partial charge in [0.1, 0.15) is 6.61 Å². The molecule has 0 radical (unpaired) electrons. The first-order valence-corrected chi connectivity index (χ1v) is 9.88. The van der Waals surface area contributed by atoms with Crippen molar-refractivity contribution in [3.05, 3.63) is 27.7 Å². The molecule has 0 saturated heterocycles. The summed E-state index contributed by atoms with van der Waals surface area (Å²) in [6.07, 6.45) is 5.67. The van der Waals surface area contributed by atoms with E-state index in [-0.39, 0.29) is 6.61 Å². The highest BCUT2D eigenvalue weighted by molar-refractivity contribution is 9.10. The number of rotatable bonds is 7. The van der Waals surface area contributed by atoms with Crippen molar-refractivity contribution in [2.75, 3.05) is 18.9 Å². The summed E-state index contributed by atoms with van der Waals surface area (Å²) in [5.41, 5.74) is 8.30. The number of hydrogen-bond acceptors (Lipinski definition) is 5. The lowest BCUT2D eigenvalue weighted by Crippen LogP contribution is -2.36. The standard InChI is InChI=1S/C19H29BrN2O3/c1-3-22(16-7-5-4-6-8-16)11-15-9-14(10-17(20)18(15)21)19(24)25-12-13(2)23/h9-10,13,16,23H,3-8,11-12,21H2,1-2H3. The molecule has 2 rings (SSSR count). The highest BCUT2D eigenvalue weighted by atomic mass is 79.9. The molecular weight excluding hydrogens is 384 g/mol. The van der Waals surface area contributed by atoms with Crippen molar-refractivity contribution in [3.8, 4) is 0 Å². The molecular formula is C19H29BrN2O3. The molecule has 1 aliphatic carbocycles. The minimum atomic E-state index is -0.678. The highest BCUT2D eigenvalue weighted by Gasteiger charge is 2.22. The molecule has 140 valence electrons. The monoisotopic (exact) mass is 412 g/mol. The van der Waals surface area contributed by atoms with Crippen molar-refractivity contribution >= 4 is 27.6 Å². The molecule has 0 aliphatic heterocycles. The number of nitrogens with zero attached hydrogens (tertiary/aromatic N) is 1. The van der Waals surface area contributed by atoms with Gasteiger partial charge >= 0.3 is 5.97 Å². The van der Waals surface area contributed by atoms with Crippen LogP contribution in [0.2, 0.25) is 0 Å². The van der Waals surface area contributed by atoms with Crippen molar-refractivity contribution in [2.45, 2.75) is 64.6 Å². The van der Waals surface area contributed by atoms with E-state index in [0.29, 0.717) is 21.8 Å². The molecule has 0 heterocycles. The van der Waals surface area contributed by atoms with E-state index in [0.717, 1.165) is 18.7 Å². The number of ether oxygens (including phenoxy) is 1. The fourth-order valence-electron chi connectivity index (χ4n) is 3.37. The van der Waals surface area contributed by atoms with Gasteiger partial charge in [-0.25, -0.2) is 4.79 Å². The van der Waals surface area contributed by atoms with Crippen molar-refractivity contribution in [2.24, 2.45) is 0 Å². The predicted octanol–water partition coefficient (Wildman–Crippen LogP) is 3.72. The normalized spacial score (nSPS) is 16.8. The van der Waals surface area contributed by atoms with Crippen molar-refractivity contribution in [1.29, 1.82) is 0 Å². The van der Waals surface area contributed by atoms with E-state index in [4.69, 9.17) is 10.5 Å². The molecule has 1 fully saturated rings. The van der Waals surface area contributed by atoms with Crippen LogP contribution < -0.4 is 5.73 Å². The molecule has 1 saturated carbocycles. The molecule has 0 aromatic heterocycles. The quantitative estimate of drug-likeness (QED) is 0.526. The maximum Gasteiger partial charge on any atom is 0.338 e. The van der Waals surface area contributed by atoms with E-state index < -0.39 is 12.1 Å². The van der Waals surface area contributed by atoms with Crippen LogP contribution in [0.15, 0.2) is 16.6 Å². The van der Waals surface area contributed by atoms with Crippen LogP contribution in [0, 0.1) is 0 Å². The van der Waals surface area contributed by atoms with Crippen molar-refractivity contribution < 1.29 is 14.6 Å². The summed E-state index contributed by atoms with van der Waals surface area (Å²) >= 11 is 3.45. The minimum absolute atomic E-state index is 0.0146. The van der Waals surface area contributed by atoms with E-state index in [9.17, 15) is 9.90 Å². The number of aliphatic hydroxyl groups excluding tert-OH is 1. The lowest BCUT2D eigenvalue weighted by Gasteiger charge is -2.34.